The number of likely N-dealkylation sites (N-methyl/N-ethyl adjacent to an activating group) is 1. The van der Waals surface area contributed by atoms with Gasteiger partial charge in [-0.3, -0.25) is 4.90 Å². The fourth-order valence-electron chi connectivity index (χ4n) is 3.16. The largest absolute Gasteiger partial charge is 0.379 e. The maximum absolute atomic E-state index is 6.12. The zero-order chi connectivity index (χ0) is 13.1. The second-order valence-corrected chi connectivity index (χ2v) is 5.87. The van der Waals surface area contributed by atoms with E-state index in [-0.39, 0.29) is 11.6 Å². The molecular weight excluding hydrogens is 212 g/mol. The molecule has 0 aliphatic heterocycles. The number of nitrogens with zero attached hydrogens (tertiary/aromatic N) is 1. The van der Waals surface area contributed by atoms with Crippen molar-refractivity contribution in [2.45, 2.75) is 64.1 Å². The van der Waals surface area contributed by atoms with E-state index in [1.54, 1.807) is 0 Å². The SMILES string of the molecule is COC1CCCCC1(CN)N(C)C(C)C(C)C. The Balaban J connectivity index is 2.91. The molecule has 0 aromatic carbocycles. The van der Waals surface area contributed by atoms with E-state index in [9.17, 15) is 0 Å². The molecule has 0 spiro atoms. The zero-order valence-electron chi connectivity index (χ0n) is 12.2. The summed E-state index contributed by atoms with van der Waals surface area (Å²) in [5, 5.41) is 0. The highest BCUT2D eigenvalue weighted by Crippen LogP contribution is 2.36. The Morgan fingerprint density at radius 2 is 2.00 bits per heavy atom. The van der Waals surface area contributed by atoms with Gasteiger partial charge in [-0.2, -0.15) is 0 Å². The van der Waals surface area contributed by atoms with Gasteiger partial charge in [-0.05, 0) is 32.7 Å². The second kappa shape index (κ2) is 6.17. The van der Waals surface area contributed by atoms with Crippen LogP contribution in [0.3, 0.4) is 0 Å². The van der Waals surface area contributed by atoms with Crippen molar-refractivity contribution in [1.29, 1.82) is 0 Å². The van der Waals surface area contributed by atoms with Crippen molar-refractivity contribution >= 4 is 0 Å². The molecule has 3 unspecified atom stereocenters. The van der Waals surface area contributed by atoms with Gasteiger partial charge in [0.05, 0.1) is 11.6 Å². The van der Waals surface area contributed by atoms with E-state index in [2.05, 4.69) is 32.7 Å². The fraction of sp³-hybridized carbons (Fsp3) is 1.00. The summed E-state index contributed by atoms with van der Waals surface area (Å²) >= 11 is 0. The number of ether oxygens (including phenoxy) is 1. The first-order valence-electron chi connectivity index (χ1n) is 6.95. The standard InChI is InChI=1S/C14H30N2O/c1-11(2)12(3)16(4)14(10-15)9-7-6-8-13(14)17-5/h11-13H,6-10,15H2,1-5H3. The van der Waals surface area contributed by atoms with Crippen molar-refractivity contribution in [2.24, 2.45) is 11.7 Å². The minimum atomic E-state index is 0.0384. The molecule has 1 rings (SSSR count). The Labute approximate surface area is 107 Å². The highest BCUT2D eigenvalue weighted by atomic mass is 16.5. The molecule has 0 amide bonds. The van der Waals surface area contributed by atoms with Crippen LogP contribution in [0.5, 0.6) is 0 Å². The monoisotopic (exact) mass is 242 g/mol. The molecule has 0 aromatic rings. The molecule has 1 saturated carbocycles. The molecule has 3 atom stereocenters. The van der Waals surface area contributed by atoms with Crippen LogP contribution in [0.15, 0.2) is 0 Å². The predicted octanol–water partition coefficient (Wildman–Crippen LogP) is 2.25. The van der Waals surface area contributed by atoms with Crippen LogP contribution < -0.4 is 5.73 Å². The van der Waals surface area contributed by atoms with Crippen LogP contribution in [0.2, 0.25) is 0 Å². The molecule has 3 nitrogen and oxygen atoms in total. The van der Waals surface area contributed by atoms with Crippen LogP contribution in [-0.4, -0.2) is 43.3 Å². The number of methoxy groups -OCH3 is 1. The van der Waals surface area contributed by atoms with E-state index in [0.29, 0.717) is 18.5 Å². The first-order chi connectivity index (χ1) is 7.99. The summed E-state index contributed by atoms with van der Waals surface area (Å²) in [5.41, 5.74) is 6.16. The van der Waals surface area contributed by atoms with E-state index in [0.717, 1.165) is 12.8 Å². The maximum atomic E-state index is 6.12. The molecule has 3 heteroatoms. The summed E-state index contributed by atoms with van der Waals surface area (Å²) in [7, 11) is 4.04. The number of rotatable bonds is 5. The van der Waals surface area contributed by atoms with E-state index >= 15 is 0 Å². The van der Waals surface area contributed by atoms with Gasteiger partial charge >= 0.3 is 0 Å². The first-order valence-corrected chi connectivity index (χ1v) is 6.95. The van der Waals surface area contributed by atoms with Gasteiger partial charge < -0.3 is 10.5 Å². The number of nitrogens with two attached hydrogens (primary N) is 1. The Morgan fingerprint density at radius 1 is 1.35 bits per heavy atom. The summed E-state index contributed by atoms with van der Waals surface area (Å²) in [6.45, 7) is 7.54. The van der Waals surface area contributed by atoms with Crippen LogP contribution in [-0.2, 0) is 4.74 Å². The van der Waals surface area contributed by atoms with Crippen molar-refractivity contribution < 1.29 is 4.74 Å². The van der Waals surface area contributed by atoms with Crippen LogP contribution in [0, 0.1) is 5.92 Å². The van der Waals surface area contributed by atoms with Crippen molar-refractivity contribution in [3.05, 3.63) is 0 Å². The lowest BCUT2D eigenvalue weighted by atomic mass is 9.76. The van der Waals surface area contributed by atoms with Crippen molar-refractivity contribution in [3.63, 3.8) is 0 Å². The topological polar surface area (TPSA) is 38.5 Å². The van der Waals surface area contributed by atoms with Gasteiger partial charge in [0.2, 0.25) is 0 Å². The summed E-state index contributed by atoms with van der Waals surface area (Å²) in [5.74, 6) is 0.642. The molecule has 1 fully saturated rings. The number of hydrogen-bond donors (Lipinski definition) is 1. The third-order valence-corrected chi connectivity index (χ3v) is 4.84. The Bertz CT molecular complexity index is 232. The molecular formula is C14H30N2O. The van der Waals surface area contributed by atoms with E-state index in [1.807, 2.05) is 7.11 Å². The summed E-state index contributed by atoms with van der Waals surface area (Å²) < 4.78 is 5.73. The van der Waals surface area contributed by atoms with E-state index in [1.165, 1.54) is 12.8 Å². The molecule has 102 valence electrons. The molecule has 0 heterocycles. The lowest BCUT2D eigenvalue weighted by Crippen LogP contribution is -2.64. The van der Waals surface area contributed by atoms with E-state index in [4.69, 9.17) is 10.5 Å². The van der Waals surface area contributed by atoms with Crippen LogP contribution in [0.1, 0.15) is 46.5 Å². The van der Waals surface area contributed by atoms with Gasteiger partial charge in [0.1, 0.15) is 0 Å². The van der Waals surface area contributed by atoms with Gasteiger partial charge in [0.15, 0.2) is 0 Å². The van der Waals surface area contributed by atoms with Crippen molar-refractivity contribution in [2.75, 3.05) is 20.7 Å². The predicted molar refractivity (Wildman–Crippen MR) is 73.1 cm³/mol. The lowest BCUT2D eigenvalue weighted by Gasteiger charge is -2.51. The van der Waals surface area contributed by atoms with Gasteiger partial charge in [0.25, 0.3) is 0 Å². The maximum Gasteiger partial charge on any atom is 0.0767 e. The summed E-state index contributed by atoms with van der Waals surface area (Å²) in [6, 6.07) is 0.536. The zero-order valence-corrected chi connectivity index (χ0v) is 12.2. The highest BCUT2D eigenvalue weighted by molar-refractivity contribution is 5.01. The molecule has 1 aliphatic rings. The quantitative estimate of drug-likeness (QED) is 0.803. The number of hydrogen-bond acceptors (Lipinski definition) is 3. The lowest BCUT2D eigenvalue weighted by molar-refractivity contribution is -0.0839. The summed E-state index contributed by atoms with van der Waals surface area (Å²) in [4.78, 5) is 2.48. The van der Waals surface area contributed by atoms with Crippen LogP contribution in [0.4, 0.5) is 0 Å². The Kier molecular flexibility index (Phi) is 5.42. The van der Waals surface area contributed by atoms with Gasteiger partial charge in [-0.25, -0.2) is 0 Å². The molecule has 0 saturated heterocycles. The van der Waals surface area contributed by atoms with Gasteiger partial charge in [0, 0.05) is 19.7 Å². The molecule has 2 N–H and O–H groups in total. The van der Waals surface area contributed by atoms with Crippen LogP contribution >= 0.6 is 0 Å². The average Bonchev–Trinajstić information content (AvgIpc) is 2.36. The first kappa shape index (κ1) is 14.9. The van der Waals surface area contributed by atoms with Crippen molar-refractivity contribution in [1.82, 2.24) is 4.90 Å². The third kappa shape index (κ3) is 2.83. The minimum Gasteiger partial charge on any atom is -0.379 e. The second-order valence-electron chi connectivity index (χ2n) is 5.87. The Hall–Kier alpha value is -0.120. The van der Waals surface area contributed by atoms with Gasteiger partial charge in [-0.1, -0.05) is 26.7 Å². The molecule has 1 aliphatic carbocycles. The smallest absolute Gasteiger partial charge is 0.0767 e. The Morgan fingerprint density at radius 3 is 2.47 bits per heavy atom. The molecule has 0 bridgehead atoms. The van der Waals surface area contributed by atoms with Crippen molar-refractivity contribution in [3.8, 4) is 0 Å². The highest BCUT2D eigenvalue weighted by Gasteiger charge is 2.45. The normalized spacial score (nSPS) is 32.1. The van der Waals surface area contributed by atoms with Gasteiger partial charge in [-0.15, -0.1) is 0 Å². The van der Waals surface area contributed by atoms with Crippen LogP contribution in [0.25, 0.3) is 0 Å². The molecule has 17 heavy (non-hydrogen) atoms. The molecule has 0 radical (unpaired) electrons. The molecule has 0 aromatic heterocycles. The average molecular weight is 242 g/mol. The summed E-state index contributed by atoms with van der Waals surface area (Å²) in [6.07, 6.45) is 5.13. The van der Waals surface area contributed by atoms with E-state index < -0.39 is 0 Å². The third-order valence-electron chi connectivity index (χ3n) is 4.84. The fourth-order valence-corrected chi connectivity index (χ4v) is 3.16. The minimum absolute atomic E-state index is 0.0384.